The number of likely N-dealkylation sites (N-methyl/N-ethyl adjacent to an activating group) is 1. The number of carbonyl (C=O) groups excluding carboxylic acids is 1. The molecule has 0 radical (unpaired) electrons. The Labute approximate surface area is 106 Å². The zero-order valence-electron chi connectivity index (χ0n) is 10.6. The summed E-state index contributed by atoms with van der Waals surface area (Å²) in [6.07, 6.45) is 1.75. The van der Waals surface area contributed by atoms with E-state index in [1.165, 1.54) is 0 Å². The Morgan fingerprint density at radius 2 is 2.11 bits per heavy atom. The lowest BCUT2D eigenvalue weighted by Gasteiger charge is -2.19. The first-order chi connectivity index (χ1) is 8.72. The van der Waals surface area contributed by atoms with E-state index in [1.807, 2.05) is 42.3 Å². The molecule has 18 heavy (non-hydrogen) atoms. The second-order valence-corrected chi connectivity index (χ2v) is 4.01. The Morgan fingerprint density at radius 3 is 2.89 bits per heavy atom. The van der Waals surface area contributed by atoms with Gasteiger partial charge in [-0.3, -0.25) is 9.78 Å². The van der Waals surface area contributed by atoms with Crippen molar-refractivity contribution < 1.29 is 9.53 Å². The molecular formula is C14H16N2O2. The fourth-order valence-electron chi connectivity index (χ4n) is 1.90. The Morgan fingerprint density at radius 1 is 1.33 bits per heavy atom. The van der Waals surface area contributed by atoms with Crippen LogP contribution >= 0.6 is 0 Å². The molecule has 94 valence electrons. The number of esters is 1. The van der Waals surface area contributed by atoms with Crippen LogP contribution in [0.4, 0.5) is 5.69 Å². The molecule has 0 amide bonds. The van der Waals surface area contributed by atoms with Crippen molar-refractivity contribution in [2.45, 2.75) is 6.92 Å². The zero-order valence-corrected chi connectivity index (χ0v) is 10.6. The van der Waals surface area contributed by atoms with E-state index in [0.29, 0.717) is 6.61 Å². The third-order valence-corrected chi connectivity index (χ3v) is 2.71. The summed E-state index contributed by atoms with van der Waals surface area (Å²) in [5, 5.41) is 1.03. The largest absolute Gasteiger partial charge is 0.465 e. The lowest BCUT2D eigenvalue weighted by Crippen LogP contribution is -2.27. The number of benzene rings is 1. The molecule has 2 aromatic rings. The molecule has 0 unspecified atom stereocenters. The van der Waals surface area contributed by atoms with Gasteiger partial charge >= 0.3 is 5.97 Å². The van der Waals surface area contributed by atoms with Gasteiger partial charge in [-0.1, -0.05) is 18.2 Å². The molecule has 1 aromatic heterocycles. The lowest BCUT2D eigenvalue weighted by molar-refractivity contribution is -0.141. The minimum Gasteiger partial charge on any atom is -0.465 e. The number of anilines is 1. The second kappa shape index (κ2) is 5.49. The number of pyridine rings is 1. The molecule has 0 spiro atoms. The highest BCUT2D eigenvalue weighted by molar-refractivity contribution is 5.92. The molecule has 4 heteroatoms. The molecule has 0 aliphatic carbocycles. The summed E-state index contributed by atoms with van der Waals surface area (Å²) in [7, 11) is 1.87. The highest BCUT2D eigenvalue weighted by atomic mass is 16.5. The second-order valence-electron chi connectivity index (χ2n) is 4.01. The van der Waals surface area contributed by atoms with Gasteiger partial charge in [-0.15, -0.1) is 0 Å². The monoisotopic (exact) mass is 244 g/mol. The van der Waals surface area contributed by atoms with Crippen LogP contribution in [0.2, 0.25) is 0 Å². The minimum absolute atomic E-state index is 0.221. The normalized spacial score (nSPS) is 10.3. The number of ether oxygens (including phenoxy) is 1. The molecule has 0 N–H and O–H groups in total. The summed E-state index contributed by atoms with van der Waals surface area (Å²) in [6.45, 7) is 2.45. The molecular weight excluding hydrogens is 228 g/mol. The topological polar surface area (TPSA) is 42.4 Å². The van der Waals surface area contributed by atoms with Gasteiger partial charge in [0.15, 0.2) is 0 Å². The summed E-state index contributed by atoms with van der Waals surface area (Å²) in [5.74, 6) is -0.221. The minimum atomic E-state index is -0.221. The number of fused-ring (bicyclic) bond motifs is 1. The lowest BCUT2D eigenvalue weighted by atomic mass is 10.2. The quantitative estimate of drug-likeness (QED) is 0.773. The average Bonchev–Trinajstić information content (AvgIpc) is 2.38. The molecule has 0 fully saturated rings. The maximum Gasteiger partial charge on any atom is 0.325 e. The smallest absolute Gasteiger partial charge is 0.325 e. The van der Waals surface area contributed by atoms with Gasteiger partial charge in [0.05, 0.1) is 12.1 Å². The van der Waals surface area contributed by atoms with Gasteiger partial charge in [-0.25, -0.2) is 0 Å². The van der Waals surface area contributed by atoms with E-state index in [-0.39, 0.29) is 12.5 Å². The predicted octanol–water partition coefficient (Wildman–Crippen LogP) is 2.23. The number of aromatic nitrogens is 1. The summed E-state index contributed by atoms with van der Waals surface area (Å²) < 4.78 is 4.95. The molecule has 4 nitrogen and oxygen atoms in total. The van der Waals surface area contributed by atoms with E-state index in [4.69, 9.17) is 4.74 Å². The van der Waals surface area contributed by atoms with Crippen molar-refractivity contribution in [3.8, 4) is 0 Å². The molecule has 0 saturated carbocycles. The van der Waals surface area contributed by atoms with E-state index < -0.39 is 0 Å². The fourth-order valence-corrected chi connectivity index (χ4v) is 1.90. The molecule has 0 aliphatic rings. The Balaban J connectivity index is 2.27. The van der Waals surface area contributed by atoms with Crippen molar-refractivity contribution >= 4 is 22.6 Å². The number of para-hydroxylation sites is 1. The van der Waals surface area contributed by atoms with Crippen molar-refractivity contribution in [2.24, 2.45) is 0 Å². The van der Waals surface area contributed by atoms with Crippen molar-refractivity contribution in [3.05, 3.63) is 36.5 Å². The average molecular weight is 244 g/mol. The van der Waals surface area contributed by atoms with Crippen LogP contribution in [0.15, 0.2) is 36.5 Å². The van der Waals surface area contributed by atoms with E-state index in [2.05, 4.69) is 4.98 Å². The maximum atomic E-state index is 11.5. The van der Waals surface area contributed by atoms with Crippen LogP contribution in [0.25, 0.3) is 10.9 Å². The molecule has 0 bridgehead atoms. The zero-order chi connectivity index (χ0) is 13.0. The summed E-state index contributed by atoms with van der Waals surface area (Å²) in [4.78, 5) is 17.7. The summed E-state index contributed by atoms with van der Waals surface area (Å²) >= 11 is 0. The van der Waals surface area contributed by atoms with E-state index >= 15 is 0 Å². The standard InChI is InChI=1S/C14H16N2O2/c1-3-18-14(17)10-16(2)13-8-9-15-12-7-5-4-6-11(12)13/h4-9H,3,10H2,1-2H3. The Hall–Kier alpha value is -2.10. The van der Waals surface area contributed by atoms with Gasteiger partial charge in [0.2, 0.25) is 0 Å². The maximum absolute atomic E-state index is 11.5. The predicted molar refractivity (Wildman–Crippen MR) is 71.6 cm³/mol. The highest BCUT2D eigenvalue weighted by Crippen LogP contribution is 2.23. The van der Waals surface area contributed by atoms with Crippen LogP contribution in [0.5, 0.6) is 0 Å². The summed E-state index contributed by atoms with van der Waals surface area (Å²) in [6, 6.07) is 9.77. The first-order valence-electron chi connectivity index (χ1n) is 5.93. The van der Waals surface area contributed by atoms with Crippen LogP contribution in [-0.2, 0) is 9.53 Å². The van der Waals surface area contributed by atoms with Crippen LogP contribution in [0.1, 0.15) is 6.92 Å². The van der Waals surface area contributed by atoms with Gasteiger partial charge in [-0.05, 0) is 19.1 Å². The summed E-state index contributed by atoms with van der Waals surface area (Å²) in [5.41, 5.74) is 1.90. The third-order valence-electron chi connectivity index (χ3n) is 2.71. The van der Waals surface area contributed by atoms with Crippen LogP contribution in [-0.4, -0.2) is 31.2 Å². The van der Waals surface area contributed by atoms with Gasteiger partial charge in [0.1, 0.15) is 6.54 Å². The van der Waals surface area contributed by atoms with E-state index in [9.17, 15) is 4.79 Å². The molecule has 2 rings (SSSR count). The Bertz CT molecular complexity index is 549. The molecule has 0 aliphatic heterocycles. The van der Waals surface area contributed by atoms with Gasteiger partial charge in [-0.2, -0.15) is 0 Å². The van der Waals surface area contributed by atoms with Crippen molar-refractivity contribution in [2.75, 3.05) is 25.1 Å². The van der Waals surface area contributed by atoms with Crippen molar-refractivity contribution in [1.82, 2.24) is 4.98 Å². The molecule has 1 aromatic carbocycles. The van der Waals surface area contributed by atoms with Gasteiger partial charge in [0, 0.05) is 24.3 Å². The van der Waals surface area contributed by atoms with Crippen LogP contribution in [0.3, 0.4) is 0 Å². The number of hydrogen-bond acceptors (Lipinski definition) is 4. The third kappa shape index (κ3) is 2.59. The van der Waals surface area contributed by atoms with Crippen LogP contribution < -0.4 is 4.90 Å². The van der Waals surface area contributed by atoms with E-state index in [0.717, 1.165) is 16.6 Å². The Kier molecular flexibility index (Phi) is 3.77. The molecule has 1 heterocycles. The van der Waals surface area contributed by atoms with Gasteiger partial charge < -0.3 is 9.64 Å². The van der Waals surface area contributed by atoms with Crippen LogP contribution in [0, 0.1) is 0 Å². The molecule has 0 atom stereocenters. The number of carbonyl (C=O) groups is 1. The van der Waals surface area contributed by atoms with Crippen molar-refractivity contribution in [1.29, 1.82) is 0 Å². The number of hydrogen-bond donors (Lipinski definition) is 0. The first kappa shape index (κ1) is 12.4. The highest BCUT2D eigenvalue weighted by Gasteiger charge is 2.10. The first-order valence-corrected chi connectivity index (χ1v) is 5.93. The van der Waals surface area contributed by atoms with E-state index in [1.54, 1.807) is 13.1 Å². The van der Waals surface area contributed by atoms with Gasteiger partial charge in [0.25, 0.3) is 0 Å². The SMILES string of the molecule is CCOC(=O)CN(C)c1ccnc2ccccc12. The van der Waals surface area contributed by atoms with Crippen molar-refractivity contribution in [3.63, 3.8) is 0 Å². The number of nitrogens with zero attached hydrogens (tertiary/aromatic N) is 2. The molecule has 0 saturated heterocycles. The fraction of sp³-hybridized carbons (Fsp3) is 0.286. The number of rotatable bonds is 4.